The minimum atomic E-state index is -1.29. The summed E-state index contributed by atoms with van der Waals surface area (Å²) in [4.78, 5) is 1.16. The lowest BCUT2D eigenvalue weighted by atomic mass is 10.2. The fourth-order valence-corrected chi connectivity index (χ4v) is 1.77. The summed E-state index contributed by atoms with van der Waals surface area (Å²) in [6, 6.07) is 3.66. The molecule has 1 rings (SSSR count). The van der Waals surface area contributed by atoms with Gasteiger partial charge in [0.15, 0.2) is 6.29 Å². The van der Waals surface area contributed by atoms with Gasteiger partial charge in [0.05, 0.1) is 6.04 Å². The number of hydrogen-bond donors (Lipinski definition) is 3. The van der Waals surface area contributed by atoms with Gasteiger partial charge in [-0.2, -0.15) is 0 Å². The molecular formula is C8H13NO2S. The van der Waals surface area contributed by atoms with Crippen LogP contribution in [0, 0.1) is 0 Å². The van der Waals surface area contributed by atoms with Crippen LogP contribution in [-0.2, 0) is 6.42 Å². The summed E-state index contributed by atoms with van der Waals surface area (Å²) in [5, 5.41) is 22.6. The van der Waals surface area contributed by atoms with Gasteiger partial charge in [0.2, 0.25) is 0 Å². The molecule has 0 aliphatic heterocycles. The van der Waals surface area contributed by atoms with Crippen molar-refractivity contribution in [3.63, 3.8) is 0 Å². The Balaban J connectivity index is 2.48. The summed E-state index contributed by atoms with van der Waals surface area (Å²) in [5.74, 6) is 0. The first kappa shape index (κ1) is 9.67. The van der Waals surface area contributed by atoms with E-state index in [9.17, 15) is 0 Å². The number of thiophene rings is 1. The van der Waals surface area contributed by atoms with Gasteiger partial charge in [0.25, 0.3) is 0 Å². The summed E-state index contributed by atoms with van der Waals surface area (Å²) in [7, 11) is 1.72. The Morgan fingerprint density at radius 2 is 2.33 bits per heavy atom. The van der Waals surface area contributed by atoms with E-state index >= 15 is 0 Å². The van der Waals surface area contributed by atoms with Crippen molar-refractivity contribution < 1.29 is 10.2 Å². The number of aliphatic hydroxyl groups excluding tert-OH is 1. The van der Waals surface area contributed by atoms with E-state index in [0.29, 0.717) is 6.42 Å². The number of aliphatic hydroxyl groups is 2. The highest BCUT2D eigenvalue weighted by Gasteiger charge is 2.14. The standard InChI is InChI=1S/C8H13NO2S/c1-9-7(8(10)11)5-6-3-2-4-12-6/h2-4,7-11H,5H2,1H3. The van der Waals surface area contributed by atoms with Gasteiger partial charge in [0, 0.05) is 11.3 Å². The monoisotopic (exact) mass is 187 g/mol. The molecule has 0 amide bonds. The molecule has 0 radical (unpaired) electrons. The van der Waals surface area contributed by atoms with E-state index in [4.69, 9.17) is 10.2 Å². The Hall–Kier alpha value is -0.420. The SMILES string of the molecule is CNC(Cc1cccs1)C(O)O. The lowest BCUT2D eigenvalue weighted by Crippen LogP contribution is -2.38. The van der Waals surface area contributed by atoms with Gasteiger partial charge in [-0.3, -0.25) is 0 Å². The first-order valence-corrected chi connectivity index (χ1v) is 4.68. The van der Waals surface area contributed by atoms with E-state index in [1.54, 1.807) is 18.4 Å². The lowest BCUT2D eigenvalue weighted by Gasteiger charge is -2.16. The smallest absolute Gasteiger partial charge is 0.167 e. The zero-order valence-electron chi connectivity index (χ0n) is 6.90. The fourth-order valence-electron chi connectivity index (χ4n) is 1.00. The third-order valence-corrected chi connectivity index (χ3v) is 2.63. The van der Waals surface area contributed by atoms with Crippen LogP contribution in [0.2, 0.25) is 0 Å². The van der Waals surface area contributed by atoms with Crippen LogP contribution < -0.4 is 5.32 Å². The summed E-state index contributed by atoms with van der Waals surface area (Å²) < 4.78 is 0. The largest absolute Gasteiger partial charge is 0.367 e. The van der Waals surface area contributed by atoms with E-state index < -0.39 is 6.29 Å². The van der Waals surface area contributed by atoms with Crippen molar-refractivity contribution in [1.29, 1.82) is 0 Å². The Bertz CT molecular complexity index is 211. The first-order chi connectivity index (χ1) is 5.74. The Kier molecular flexibility index (Phi) is 3.68. The highest BCUT2D eigenvalue weighted by atomic mass is 32.1. The molecule has 0 aliphatic carbocycles. The molecule has 3 N–H and O–H groups in total. The van der Waals surface area contributed by atoms with Crippen LogP contribution >= 0.6 is 11.3 Å². The van der Waals surface area contributed by atoms with Crippen LogP contribution in [0.15, 0.2) is 17.5 Å². The van der Waals surface area contributed by atoms with E-state index in [1.807, 2.05) is 17.5 Å². The molecule has 3 nitrogen and oxygen atoms in total. The second-order valence-electron chi connectivity index (χ2n) is 2.59. The molecule has 1 unspecified atom stereocenters. The number of nitrogens with one attached hydrogen (secondary N) is 1. The molecule has 1 aromatic heterocycles. The van der Waals surface area contributed by atoms with Gasteiger partial charge in [-0.25, -0.2) is 0 Å². The molecule has 0 saturated heterocycles. The van der Waals surface area contributed by atoms with Crippen LogP contribution in [0.4, 0.5) is 0 Å². The second kappa shape index (κ2) is 4.57. The van der Waals surface area contributed by atoms with Crippen molar-refractivity contribution in [2.45, 2.75) is 18.8 Å². The molecule has 4 heteroatoms. The molecule has 68 valence electrons. The normalized spacial score (nSPS) is 13.7. The van der Waals surface area contributed by atoms with Gasteiger partial charge >= 0.3 is 0 Å². The Morgan fingerprint density at radius 3 is 2.75 bits per heavy atom. The average molecular weight is 187 g/mol. The van der Waals surface area contributed by atoms with Crippen molar-refractivity contribution in [3.8, 4) is 0 Å². The van der Waals surface area contributed by atoms with E-state index in [-0.39, 0.29) is 6.04 Å². The molecule has 1 atom stereocenters. The van der Waals surface area contributed by atoms with Crippen LogP contribution in [0.25, 0.3) is 0 Å². The van der Waals surface area contributed by atoms with E-state index in [0.717, 1.165) is 4.88 Å². The molecule has 0 spiro atoms. The minimum absolute atomic E-state index is 0.274. The first-order valence-electron chi connectivity index (χ1n) is 3.80. The third-order valence-electron chi connectivity index (χ3n) is 1.73. The molecule has 1 heterocycles. The fraction of sp³-hybridized carbons (Fsp3) is 0.500. The predicted octanol–water partition coefficient (Wildman–Crippen LogP) is 0.189. The highest BCUT2D eigenvalue weighted by Crippen LogP contribution is 2.11. The molecule has 0 aliphatic rings. The van der Waals surface area contributed by atoms with Crippen molar-refractivity contribution in [2.75, 3.05) is 7.05 Å². The third kappa shape index (κ3) is 2.57. The van der Waals surface area contributed by atoms with E-state index in [1.165, 1.54) is 0 Å². The second-order valence-corrected chi connectivity index (χ2v) is 3.62. The van der Waals surface area contributed by atoms with Crippen molar-refractivity contribution >= 4 is 11.3 Å². The molecule has 0 bridgehead atoms. The molecule has 1 aromatic rings. The molecule has 12 heavy (non-hydrogen) atoms. The zero-order valence-corrected chi connectivity index (χ0v) is 7.71. The molecule has 0 saturated carbocycles. The Morgan fingerprint density at radius 1 is 1.58 bits per heavy atom. The topological polar surface area (TPSA) is 52.5 Å². The summed E-state index contributed by atoms with van der Waals surface area (Å²) in [5.41, 5.74) is 0. The van der Waals surface area contributed by atoms with Crippen LogP contribution in [0.3, 0.4) is 0 Å². The quantitative estimate of drug-likeness (QED) is 0.590. The van der Waals surface area contributed by atoms with Gasteiger partial charge in [-0.15, -0.1) is 11.3 Å². The molecule has 0 fully saturated rings. The zero-order chi connectivity index (χ0) is 8.97. The van der Waals surface area contributed by atoms with Gasteiger partial charge in [0.1, 0.15) is 0 Å². The van der Waals surface area contributed by atoms with Gasteiger partial charge < -0.3 is 15.5 Å². The number of rotatable bonds is 4. The summed E-state index contributed by atoms with van der Waals surface area (Å²) in [6.07, 6.45) is -0.636. The van der Waals surface area contributed by atoms with Gasteiger partial charge in [-0.1, -0.05) is 6.07 Å². The maximum Gasteiger partial charge on any atom is 0.167 e. The van der Waals surface area contributed by atoms with Crippen molar-refractivity contribution in [2.24, 2.45) is 0 Å². The lowest BCUT2D eigenvalue weighted by molar-refractivity contribution is -0.0648. The maximum absolute atomic E-state index is 8.91. The minimum Gasteiger partial charge on any atom is -0.367 e. The average Bonchev–Trinajstić information content (AvgIpc) is 2.51. The number of hydrogen-bond acceptors (Lipinski definition) is 4. The predicted molar refractivity (Wildman–Crippen MR) is 49.1 cm³/mol. The van der Waals surface area contributed by atoms with Crippen LogP contribution in [-0.4, -0.2) is 29.6 Å². The Labute approximate surface area is 75.7 Å². The molecular weight excluding hydrogens is 174 g/mol. The van der Waals surface area contributed by atoms with Crippen LogP contribution in [0.1, 0.15) is 4.88 Å². The maximum atomic E-state index is 8.91. The van der Waals surface area contributed by atoms with Crippen molar-refractivity contribution in [3.05, 3.63) is 22.4 Å². The van der Waals surface area contributed by atoms with Crippen LogP contribution in [0.5, 0.6) is 0 Å². The van der Waals surface area contributed by atoms with Crippen molar-refractivity contribution in [1.82, 2.24) is 5.32 Å². The van der Waals surface area contributed by atoms with Gasteiger partial charge in [-0.05, 0) is 18.5 Å². The summed E-state index contributed by atoms with van der Waals surface area (Å²) >= 11 is 1.62. The number of likely N-dealkylation sites (N-methyl/N-ethyl adjacent to an activating group) is 1. The van der Waals surface area contributed by atoms with E-state index in [2.05, 4.69) is 5.32 Å². The molecule has 0 aromatic carbocycles. The summed E-state index contributed by atoms with van der Waals surface area (Å²) in [6.45, 7) is 0. The highest BCUT2D eigenvalue weighted by molar-refractivity contribution is 7.09.